The maximum atomic E-state index is 10.2. The summed E-state index contributed by atoms with van der Waals surface area (Å²) >= 11 is 8.51. The predicted octanol–water partition coefficient (Wildman–Crippen LogP) is 4.86. The van der Waals surface area contributed by atoms with Crippen molar-refractivity contribution in [2.45, 2.75) is 19.4 Å². The highest BCUT2D eigenvalue weighted by Gasteiger charge is 2.12. The third kappa shape index (κ3) is 3.41. The molecule has 2 aromatic rings. The van der Waals surface area contributed by atoms with E-state index in [0.717, 1.165) is 19.4 Å². The van der Waals surface area contributed by atoms with E-state index in [0.29, 0.717) is 6.42 Å². The number of aryl methyl sites for hydroxylation is 1. The fourth-order valence-electron chi connectivity index (χ4n) is 1.59. The summed E-state index contributed by atoms with van der Waals surface area (Å²) in [5.41, 5.74) is 1.14. The molecular weight excluding hydrogens is 364 g/mol. The number of aliphatic hydroxyl groups excluding tert-OH is 1. The lowest BCUT2D eigenvalue weighted by Crippen LogP contribution is -1.99. The molecule has 2 rings (SSSR count). The molecular formula is C13H12Br2OS. The van der Waals surface area contributed by atoms with Gasteiger partial charge in [-0.25, -0.2) is 0 Å². The third-order valence-electron chi connectivity index (χ3n) is 2.55. The van der Waals surface area contributed by atoms with Crippen molar-refractivity contribution < 1.29 is 5.11 Å². The molecule has 0 aliphatic carbocycles. The molecule has 1 aromatic carbocycles. The highest BCUT2D eigenvalue weighted by molar-refractivity contribution is 9.10. The summed E-state index contributed by atoms with van der Waals surface area (Å²) < 4.78 is 2.14. The van der Waals surface area contributed by atoms with E-state index < -0.39 is 6.10 Å². The van der Waals surface area contributed by atoms with E-state index in [-0.39, 0.29) is 0 Å². The van der Waals surface area contributed by atoms with Crippen LogP contribution in [0.15, 0.2) is 39.3 Å². The molecule has 1 atom stereocenters. The molecule has 0 saturated carbocycles. The van der Waals surface area contributed by atoms with Gasteiger partial charge in [-0.05, 0) is 46.6 Å². The van der Waals surface area contributed by atoms with Crippen molar-refractivity contribution in [1.82, 2.24) is 0 Å². The smallest absolute Gasteiger partial charge is 0.0922 e. The first-order valence-electron chi connectivity index (χ1n) is 5.24. The Hall–Kier alpha value is -0.160. The zero-order chi connectivity index (χ0) is 12.4. The van der Waals surface area contributed by atoms with Crippen molar-refractivity contribution >= 4 is 43.2 Å². The van der Waals surface area contributed by atoms with Gasteiger partial charge in [0.1, 0.15) is 0 Å². The van der Waals surface area contributed by atoms with Gasteiger partial charge in [-0.2, -0.15) is 0 Å². The highest BCUT2D eigenvalue weighted by Crippen LogP contribution is 2.32. The van der Waals surface area contributed by atoms with E-state index in [2.05, 4.69) is 31.9 Å². The second-order valence-electron chi connectivity index (χ2n) is 3.90. The summed E-state index contributed by atoms with van der Waals surface area (Å²) in [7, 11) is 0. The zero-order valence-corrected chi connectivity index (χ0v) is 13.3. The molecule has 1 unspecified atom stereocenters. The van der Waals surface area contributed by atoms with Gasteiger partial charge in [0.2, 0.25) is 0 Å². The first kappa shape index (κ1) is 13.3. The van der Waals surface area contributed by atoms with Crippen LogP contribution in [0.25, 0.3) is 0 Å². The van der Waals surface area contributed by atoms with Crippen LogP contribution in [-0.4, -0.2) is 5.11 Å². The topological polar surface area (TPSA) is 20.2 Å². The summed E-state index contributed by atoms with van der Waals surface area (Å²) in [5, 5.41) is 10.2. The molecule has 0 saturated heterocycles. The van der Waals surface area contributed by atoms with Crippen LogP contribution >= 0.6 is 43.2 Å². The van der Waals surface area contributed by atoms with Crippen molar-refractivity contribution in [2.24, 2.45) is 0 Å². The number of rotatable bonds is 3. The average molecular weight is 376 g/mol. The summed E-state index contributed by atoms with van der Waals surface area (Å²) in [4.78, 5) is 2.21. The van der Waals surface area contributed by atoms with Crippen LogP contribution in [0, 0.1) is 6.92 Å². The largest absolute Gasteiger partial charge is 0.387 e. The number of halogens is 2. The fraction of sp³-hybridized carbons (Fsp3) is 0.231. The maximum absolute atomic E-state index is 10.2. The first-order chi connectivity index (χ1) is 8.06. The molecule has 1 nitrogen and oxygen atoms in total. The van der Waals surface area contributed by atoms with Gasteiger partial charge in [0.25, 0.3) is 0 Å². The molecule has 0 aliphatic heterocycles. The van der Waals surface area contributed by atoms with E-state index in [1.54, 1.807) is 11.3 Å². The van der Waals surface area contributed by atoms with Gasteiger partial charge in [0.15, 0.2) is 0 Å². The predicted molar refractivity (Wildman–Crippen MR) is 79.6 cm³/mol. The monoisotopic (exact) mass is 374 g/mol. The van der Waals surface area contributed by atoms with Gasteiger partial charge in [-0.3, -0.25) is 0 Å². The lowest BCUT2D eigenvalue weighted by atomic mass is 10.1. The van der Waals surface area contributed by atoms with E-state index in [1.165, 1.54) is 4.88 Å². The normalized spacial score (nSPS) is 12.7. The summed E-state index contributed by atoms with van der Waals surface area (Å²) in [6, 6.07) is 10.1. The van der Waals surface area contributed by atoms with Crippen LogP contribution < -0.4 is 0 Å². The maximum Gasteiger partial charge on any atom is 0.0922 e. The van der Waals surface area contributed by atoms with Gasteiger partial charge in [0, 0.05) is 25.1 Å². The zero-order valence-electron chi connectivity index (χ0n) is 9.28. The third-order valence-corrected chi connectivity index (χ3v) is 5.31. The van der Waals surface area contributed by atoms with Crippen molar-refractivity contribution in [3.8, 4) is 0 Å². The molecule has 90 valence electrons. The van der Waals surface area contributed by atoms with Gasteiger partial charge >= 0.3 is 0 Å². The Balaban J connectivity index is 2.11. The lowest BCUT2D eigenvalue weighted by Gasteiger charge is -2.08. The van der Waals surface area contributed by atoms with Crippen LogP contribution in [0.5, 0.6) is 0 Å². The minimum Gasteiger partial charge on any atom is -0.387 e. The standard InChI is InChI=1S/C13H12Br2OS/c1-8-11(15)7-13(17-8)12(16)6-9-2-4-10(14)5-3-9/h2-5,7,12,16H,6H2,1H3. The molecule has 17 heavy (non-hydrogen) atoms. The summed E-state index contributed by atoms with van der Waals surface area (Å²) in [6.07, 6.45) is 0.228. The Labute approximate surface area is 122 Å². The second kappa shape index (κ2) is 5.65. The van der Waals surface area contributed by atoms with Crippen molar-refractivity contribution in [1.29, 1.82) is 0 Å². The van der Waals surface area contributed by atoms with E-state index >= 15 is 0 Å². The van der Waals surface area contributed by atoms with Gasteiger partial charge in [0.05, 0.1) is 6.10 Å². The number of hydrogen-bond donors (Lipinski definition) is 1. The van der Waals surface area contributed by atoms with Gasteiger partial charge < -0.3 is 5.11 Å². The number of hydrogen-bond acceptors (Lipinski definition) is 2. The molecule has 0 bridgehead atoms. The molecule has 1 heterocycles. The fourth-order valence-corrected chi connectivity index (χ4v) is 3.40. The second-order valence-corrected chi connectivity index (χ2v) is 6.96. The minimum atomic E-state index is -0.425. The quantitative estimate of drug-likeness (QED) is 0.812. The molecule has 1 N–H and O–H groups in total. The van der Waals surface area contributed by atoms with Crippen molar-refractivity contribution in [3.05, 3.63) is 54.6 Å². The Bertz CT molecular complexity index is 485. The Kier molecular flexibility index (Phi) is 4.42. The Morgan fingerprint density at radius 2 is 1.88 bits per heavy atom. The van der Waals surface area contributed by atoms with E-state index in [4.69, 9.17) is 0 Å². The Morgan fingerprint density at radius 3 is 2.41 bits per heavy atom. The van der Waals surface area contributed by atoms with Crippen molar-refractivity contribution in [2.75, 3.05) is 0 Å². The van der Waals surface area contributed by atoms with Crippen LogP contribution in [0.2, 0.25) is 0 Å². The minimum absolute atomic E-state index is 0.425. The SMILES string of the molecule is Cc1sc(C(O)Cc2ccc(Br)cc2)cc1Br. The average Bonchev–Trinajstić information content (AvgIpc) is 2.63. The van der Waals surface area contributed by atoms with Gasteiger partial charge in [-0.1, -0.05) is 28.1 Å². The van der Waals surface area contributed by atoms with Crippen molar-refractivity contribution in [3.63, 3.8) is 0 Å². The number of thiophene rings is 1. The lowest BCUT2D eigenvalue weighted by molar-refractivity contribution is 0.182. The number of aliphatic hydroxyl groups is 1. The van der Waals surface area contributed by atoms with Crippen LogP contribution in [0.4, 0.5) is 0 Å². The Morgan fingerprint density at radius 1 is 1.24 bits per heavy atom. The van der Waals surface area contributed by atoms with E-state index in [9.17, 15) is 5.11 Å². The molecule has 0 radical (unpaired) electrons. The van der Waals surface area contributed by atoms with Crippen LogP contribution in [-0.2, 0) is 6.42 Å². The van der Waals surface area contributed by atoms with Crippen LogP contribution in [0.1, 0.15) is 21.4 Å². The highest BCUT2D eigenvalue weighted by atomic mass is 79.9. The summed E-state index contributed by atoms with van der Waals surface area (Å²) in [5.74, 6) is 0. The molecule has 1 aromatic heterocycles. The van der Waals surface area contributed by atoms with Crippen LogP contribution in [0.3, 0.4) is 0 Å². The molecule has 0 fully saturated rings. The molecule has 0 amide bonds. The number of benzene rings is 1. The molecule has 0 spiro atoms. The summed E-state index contributed by atoms with van der Waals surface area (Å²) in [6.45, 7) is 2.05. The van der Waals surface area contributed by atoms with Gasteiger partial charge in [-0.15, -0.1) is 11.3 Å². The van der Waals surface area contributed by atoms with E-state index in [1.807, 2.05) is 37.3 Å². The molecule has 4 heteroatoms. The molecule has 0 aliphatic rings. The first-order valence-corrected chi connectivity index (χ1v) is 7.65.